The van der Waals surface area contributed by atoms with Crippen LogP contribution < -0.4 is 4.74 Å². The lowest BCUT2D eigenvalue weighted by Gasteiger charge is -2.15. The van der Waals surface area contributed by atoms with Crippen molar-refractivity contribution in [2.45, 2.75) is 25.8 Å². The van der Waals surface area contributed by atoms with Gasteiger partial charge in [-0.1, -0.05) is 11.3 Å². The standard InChI is InChI=1S/C11H15NO3/c1-7(12(13)14)3-8-4-9-6-10(9)11(5-8)15-2/h4-5,7,13-14H,3,6H2,1-2H3. The molecule has 2 N–H and O–H groups in total. The first-order valence-electron chi connectivity index (χ1n) is 4.97. The first-order chi connectivity index (χ1) is 7.11. The Hall–Kier alpha value is -1.10. The zero-order valence-corrected chi connectivity index (χ0v) is 8.90. The molecule has 0 radical (unpaired) electrons. The van der Waals surface area contributed by atoms with Crippen LogP contribution >= 0.6 is 0 Å². The molecule has 0 aliphatic heterocycles. The fraction of sp³-hybridized carbons (Fsp3) is 0.455. The Morgan fingerprint density at radius 2 is 2.20 bits per heavy atom. The lowest BCUT2D eigenvalue weighted by molar-refractivity contribution is -0.328. The van der Waals surface area contributed by atoms with Crippen LogP contribution in [0.1, 0.15) is 23.6 Å². The Morgan fingerprint density at radius 1 is 1.47 bits per heavy atom. The molecule has 1 aliphatic rings. The van der Waals surface area contributed by atoms with Crippen LogP contribution in [0.2, 0.25) is 0 Å². The lowest BCUT2D eigenvalue weighted by Crippen LogP contribution is -2.27. The van der Waals surface area contributed by atoms with Crippen molar-refractivity contribution in [2.24, 2.45) is 0 Å². The summed E-state index contributed by atoms with van der Waals surface area (Å²) < 4.78 is 5.24. The predicted octanol–water partition coefficient (Wildman–Crippen LogP) is 1.61. The molecule has 0 bridgehead atoms. The predicted molar refractivity (Wildman–Crippen MR) is 54.4 cm³/mol. The Labute approximate surface area is 88.6 Å². The van der Waals surface area contributed by atoms with Crippen molar-refractivity contribution >= 4 is 0 Å². The monoisotopic (exact) mass is 209 g/mol. The normalized spacial score (nSPS) is 15.0. The summed E-state index contributed by atoms with van der Waals surface area (Å²) in [6, 6.07) is 3.75. The van der Waals surface area contributed by atoms with Crippen molar-refractivity contribution in [3.63, 3.8) is 0 Å². The molecule has 1 atom stereocenters. The van der Waals surface area contributed by atoms with E-state index in [4.69, 9.17) is 15.2 Å². The van der Waals surface area contributed by atoms with Gasteiger partial charge in [-0.2, -0.15) is 0 Å². The smallest absolute Gasteiger partial charge is 0.122 e. The summed E-state index contributed by atoms with van der Waals surface area (Å²) in [5.74, 6) is 0.914. The van der Waals surface area contributed by atoms with Gasteiger partial charge in [0.2, 0.25) is 0 Å². The number of fused-ring (bicyclic) bond motifs is 1. The molecule has 15 heavy (non-hydrogen) atoms. The molecule has 0 fully saturated rings. The number of methoxy groups -OCH3 is 1. The zero-order chi connectivity index (χ0) is 11.0. The van der Waals surface area contributed by atoms with E-state index < -0.39 is 0 Å². The second kappa shape index (κ2) is 3.81. The minimum Gasteiger partial charge on any atom is -0.496 e. The molecule has 82 valence electrons. The van der Waals surface area contributed by atoms with E-state index >= 15 is 0 Å². The van der Waals surface area contributed by atoms with E-state index in [-0.39, 0.29) is 11.3 Å². The van der Waals surface area contributed by atoms with Crippen molar-refractivity contribution in [3.05, 3.63) is 28.8 Å². The van der Waals surface area contributed by atoms with Crippen LogP contribution in [0, 0.1) is 0 Å². The van der Waals surface area contributed by atoms with Gasteiger partial charge in [0.15, 0.2) is 0 Å². The molecule has 0 saturated heterocycles. The molecular weight excluding hydrogens is 194 g/mol. The second-order valence-electron chi connectivity index (χ2n) is 3.99. The van der Waals surface area contributed by atoms with E-state index in [9.17, 15) is 0 Å². The second-order valence-corrected chi connectivity index (χ2v) is 3.99. The van der Waals surface area contributed by atoms with Gasteiger partial charge in [-0.25, -0.2) is 0 Å². The van der Waals surface area contributed by atoms with Crippen LogP contribution in [0.25, 0.3) is 0 Å². The summed E-state index contributed by atoms with van der Waals surface area (Å²) in [7, 11) is 1.66. The van der Waals surface area contributed by atoms with Gasteiger partial charge in [0.1, 0.15) is 5.75 Å². The maximum absolute atomic E-state index is 8.85. The van der Waals surface area contributed by atoms with Crippen LogP contribution in [0.15, 0.2) is 12.1 Å². The molecular formula is C11H15NO3. The number of nitrogens with zero attached hydrogens (tertiary/aromatic N) is 1. The third kappa shape index (κ3) is 2.12. The largest absolute Gasteiger partial charge is 0.496 e. The van der Waals surface area contributed by atoms with Crippen LogP contribution in [0.3, 0.4) is 0 Å². The third-order valence-corrected chi connectivity index (χ3v) is 2.75. The molecule has 1 unspecified atom stereocenters. The number of rotatable bonds is 4. The van der Waals surface area contributed by atoms with Gasteiger partial charge >= 0.3 is 0 Å². The highest BCUT2D eigenvalue weighted by Crippen LogP contribution is 2.38. The molecule has 4 heteroatoms. The van der Waals surface area contributed by atoms with Gasteiger partial charge in [-0.05, 0) is 30.5 Å². The Morgan fingerprint density at radius 3 is 2.80 bits per heavy atom. The first-order valence-corrected chi connectivity index (χ1v) is 4.97. The van der Waals surface area contributed by atoms with Gasteiger partial charge in [0, 0.05) is 12.0 Å². The summed E-state index contributed by atoms with van der Waals surface area (Å²) in [6.45, 7) is 1.75. The summed E-state index contributed by atoms with van der Waals surface area (Å²) in [5, 5.41) is 17.9. The lowest BCUT2D eigenvalue weighted by atomic mass is 10.1. The van der Waals surface area contributed by atoms with E-state index in [0.717, 1.165) is 17.7 Å². The molecule has 2 rings (SSSR count). The Kier molecular flexibility index (Phi) is 2.65. The average Bonchev–Trinajstić information content (AvgIpc) is 2.95. The van der Waals surface area contributed by atoms with E-state index in [1.165, 1.54) is 11.1 Å². The van der Waals surface area contributed by atoms with Gasteiger partial charge in [0.05, 0.1) is 13.2 Å². The highest BCUT2D eigenvalue weighted by atomic mass is 16.8. The molecule has 0 amide bonds. The minimum absolute atomic E-state index is 0.248. The van der Waals surface area contributed by atoms with Crippen molar-refractivity contribution in [3.8, 4) is 5.75 Å². The number of hydroxylamine groups is 2. The number of benzene rings is 1. The zero-order valence-electron chi connectivity index (χ0n) is 8.90. The van der Waals surface area contributed by atoms with E-state index in [1.54, 1.807) is 14.0 Å². The fourth-order valence-corrected chi connectivity index (χ4v) is 1.77. The molecule has 0 heterocycles. The van der Waals surface area contributed by atoms with Gasteiger partial charge in [0.25, 0.3) is 0 Å². The van der Waals surface area contributed by atoms with E-state index in [1.807, 2.05) is 6.07 Å². The van der Waals surface area contributed by atoms with Crippen LogP contribution in [-0.2, 0) is 12.8 Å². The van der Waals surface area contributed by atoms with Crippen molar-refractivity contribution in [1.82, 2.24) is 5.23 Å². The molecule has 0 saturated carbocycles. The topological polar surface area (TPSA) is 52.9 Å². The third-order valence-electron chi connectivity index (χ3n) is 2.75. The maximum atomic E-state index is 8.85. The first kappa shape index (κ1) is 10.4. The molecule has 1 aromatic rings. The average molecular weight is 209 g/mol. The van der Waals surface area contributed by atoms with Crippen molar-refractivity contribution in [1.29, 1.82) is 0 Å². The Bertz CT molecular complexity index is 376. The van der Waals surface area contributed by atoms with Crippen LogP contribution in [0.5, 0.6) is 5.75 Å². The molecule has 0 aromatic heterocycles. The quantitative estimate of drug-likeness (QED) is 0.751. The van der Waals surface area contributed by atoms with Crippen LogP contribution in [-0.4, -0.2) is 28.8 Å². The van der Waals surface area contributed by atoms with Gasteiger partial charge in [-0.3, -0.25) is 10.4 Å². The highest BCUT2D eigenvalue weighted by Gasteiger charge is 2.23. The summed E-state index contributed by atoms with van der Waals surface area (Å²) >= 11 is 0. The molecule has 4 nitrogen and oxygen atoms in total. The molecule has 0 spiro atoms. The van der Waals surface area contributed by atoms with E-state index in [0.29, 0.717) is 6.42 Å². The minimum atomic E-state index is -0.313. The SMILES string of the molecule is COc1cc(CC(C)N(O)O)cc2c1C2. The van der Waals surface area contributed by atoms with Gasteiger partial charge in [-0.15, -0.1) is 0 Å². The number of hydrogen-bond acceptors (Lipinski definition) is 4. The number of ether oxygens (including phenoxy) is 1. The van der Waals surface area contributed by atoms with Crippen LogP contribution in [0.4, 0.5) is 0 Å². The van der Waals surface area contributed by atoms with E-state index in [2.05, 4.69) is 6.07 Å². The molecule has 1 aromatic carbocycles. The number of hydrogen-bond donors (Lipinski definition) is 2. The van der Waals surface area contributed by atoms with Crippen molar-refractivity contribution in [2.75, 3.05) is 7.11 Å². The maximum Gasteiger partial charge on any atom is 0.122 e. The highest BCUT2D eigenvalue weighted by molar-refractivity contribution is 5.56. The van der Waals surface area contributed by atoms with Crippen molar-refractivity contribution < 1.29 is 15.2 Å². The fourth-order valence-electron chi connectivity index (χ4n) is 1.77. The summed E-state index contributed by atoms with van der Waals surface area (Å²) in [6.07, 6.45) is 1.59. The summed E-state index contributed by atoms with van der Waals surface area (Å²) in [5.41, 5.74) is 3.65. The van der Waals surface area contributed by atoms with Gasteiger partial charge < -0.3 is 4.74 Å². The summed E-state index contributed by atoms with van der Waals surface area (Å²) in [4.78, 5) is 0. The Balaban J connectivity index is 2.13. The molecule has 1 aliphatic carbocycles.